The van der Waals surface area contributed by atoms with Crippen LogP contribution in [0.4, 0.5) is 0 Å². The maximum absolute atomic E-state index is 6.21. The molecule has 0 bridgehead atoms. The molecule has 0 unspecified atom stereocenters. The Balaban J connectivity index is 1.56. The number of nitrogens with zero attached hydrogens (tertiary/aromatic N) is 1. The predicted octanol–water partition coefficient (Wildman–Crippen LogP) is 4.95. The maximum atomic E-state index is 6.21. The first kappa shape index (κ1) is 17.5. The SMILES string of the molecule is CC1(C)OB(c2cccc(-c3ccc4oc5cccnc5c4c3)c2)OC1(C)C. The number of pyridine rings is 1. The van der Waals surface area contributed by atoms with Gasteiger partial charge in [-0.05, 0) is 68.6 Å². The van der Waals surface area contributed by atoms with E-state index in [0.717, 1.165) is 38.7 Å². The predicted molar refractivity (Wildman–Crippen MR) is 113 cm³/mol. The van der Waals surface area contributed by atoms with Gasteiger partial charge in [-0.2, -0.15) is 0 Å². The monoisotopic (exact) mass is 371 g/mol. The van der Waals surface area contributed by atoms with E-state index in [2.05, 4.69) is 63.0 Å². The molecule has 5 heteroatoms. The molecule has 0 spiro atoms. The summed E-state index contributed by atoms with van der Waals surface area (Å²) in [5.41, 5.74) is 5.08. The summed E-state index contributed by atoms with van der Waals surface area (Å²) in [7, 11) is -0.370. The van der Waals surface area contributed by atoms with E-state index in [1.165, 1.54) is 0 Å². The molecule has 0 saturated carbocycles. The molecule has 140 valence electrons. The largest absolute Gasteiger partial charge is 0.494 e. The van der Waals surface area contributed by atoms with Crippen molar-refractivity contribution in [1.29, 1.82) is 0 Å². The quantitative estimate of drug-likeness (QED) is 0.468. The molecule has 1 aliphatic rings. The molecule has 3 heterocycles. The van der Waals surface area contributed by atoms with Crippen LogP contribution in [0.25, 0.3) is 33.2 Å². The summed E-state index contributed by atoms with van der Waals surface area (Å²) in [6, 6.07) is 18.4. The fraction of sp³-hybridized carbons (Fsp3) is 0.261. The molecule has 0 atom stereocenters. The van der Waals surface area contributed by atoms with Gasteiger partial charge in [0.1, 0.15) is 11.1 Å². The van der Waals surface area contributed by atoms with Gasteiger partial charge >= 0.3 is 7.12 Å². The normalized spacial score (nSPS) is 18.2. The van der Waals surface area contributed by atoms with E-state index in [4.69, 9.17) is 13.7 Å². The number of aromatic nitrogens is 1. The molecule has 4 aromatic rings. The van der Waals surface area contributed by atoms with Crippen molar-refractivity contribution in [2.45, 2.75) is 38.9 Å². The maximum Gasteiger partial charge on any atom is 0.494 e. The zero-order valence-corrected chi connectivity index (χ0v) is 16.5. The van der Waals surface area contributed by atoms with Gasteiger partial charge in [0.2, 0.25) is 0 Å². The van der Waals surface area contributed by atoms with Gasteiger partial charge < -0.3 is 13.7 Å². The lowest BCUT2D eigenvalue weighted by Gasteiger charge is -2.32. The Hall–Kier alpha value is -2.63. The van der Waals surface area contributed by atoms with Gasteiger partial charge in [-0.3, -0.25) is 4.98 Å². The lowest BCUT2D eigenvalue weighted by molar-refractivity contribution is 0.00578. The number of fused-ring (bicyclic) bond motifs is 3. The van der Waals surface area contributed by atoms with Crippen molar-refractivity contribution in [3.05, 3.63) is 60.8 Å². The average Bonchev–Trinajstić information content (AvgIpc) is 3.15. The summed E-state index contributed by atoms with van der Waals surface area (Å²) < 4.78 is 18.3. The first-order chi connectivity index (χ1) is 13.3. The Bertz CT molecular complexity index is 1180. The highest BCUT2D eigenvalue weighted by Gasteiger charge is 2.51. The lowest BCUT2D eigenvalue weighted by atomic mass is 9.78. The van der Waals surface area contributed by atoms with Crippen LogP contribution in [0.15, 0.2) is 65.2 Å². The molecule has 1 fully saturated rings. The van der Waals surface area contributed by atoms with E-state index in [1.807, 2.05) is 24.3 Å². The van der Waals surface area contributed by atoms with Gasteiger partial charge in [0, 0.05) is 11.6 Å². The summed E-state index contributed by atoms with van der Waals surface area (Å²) >= 11 is 0. The molecule has 1 saturated heterocycles. The van der Waals surface area contributed by atoms with Crippen molar-refractivity contribution in [1.82, 2.24) is 4.98 Å². The van der Waals surface area contributed by atoms with Crippen molar-refractivity contribution in [3.63, 3.8) is 0 Å². The topological polar surface area (TPSA) is 44.5 Å². The fourth-order valence-corrected chi connectivity index (χ4v) is 3.62. The molecule has 2 aromatic carbocycles. The zero-order chi connectivity index (χ0) is 19.5. The molecule has 1 aliphatic heterocycles. The third kappa shape index (κ3) is 2.66. The van der Waals surface area contributed by atoms with Crippen LogP contribution in [0, 0.1) is 0 Å². The molecule has 0 radical (unpaired) electrons. The number of hydrogen-bond acceptors (Lipinski definition) is 4. The van der Waals surface area contributed by atoms with Crippen molar-refractivity contribution in [2.75, 3.05) is 0 Å². The highest BCUT2D eigenvalue weighted by molar-refractivity contribution is 6.62. The summed E-state index contributed by atoms with van der Waals surface area (Å²) in [5, 5.41) is 1.02. The second-order valence-electron chi connectivity index (χ2n) is 8.38. The number of rotatable bonds is 2. The van der Waals surface area contributed by atoms with Crippen LogP contribution in [0.3, 0.4) is 0 Å². The van der Waals surface area contributed by atoms with E-state index in [9.17, 15) is 0 Å². The number of benzene rings is 2. The summed E-state index contributed by atoms with van der Waals surface area (Å²) in [6.07, 6.45) is 1.79. The van der Waals surface area contributed by atoms with Crippen molar-refractivity contribution < 1.29 is 13.7 Å². The van der Waals surface area contributed by atoms with Gasteiger partial charge in [0.25, 0.3) is 0 Å². The van der Waals surface area contributed by atoms with Gasteiger partial charge in [-0.1, -0.05) is 30.3 Å². The Morgan fingerprint density at radius 3 is 2.32 bits per heavy atom. The smallest absolute Gasteiger partial charge is 0.454 e. The first-order valence-electron chi connectivity index (χ1n) is 9.57. The lowest BCUT2D eigenvalue weighted by Crippen LogP contribution is -2.41. The van der Waals surface area contributed by atoms with E-state index < -0.39 is 0 Å². The summed E-state index contributed by atoms with van der Waals surface area (Å²) in [5.74, 6) is 0. The summed E-state index contributed by atoms with van der Waals surface area (Å²) in [6.45, 7) is 8.28. The van der Waals surface area contributed by atoms with Crippen LogP contribution in [0.1, 0.15) is 27.7 Å². The van der Waals surface area contributed by atoms with Crippen LogP contribution >= 0.6 is 0 Å². The van der Waals surface area contributed by atoms with Gasteiger partial charge in [0.05, 0.1) is 11.2 Å². The second kappa shape index (κ2) is 5.93. The van der Waals surface area contributed by atoms with Crippen LogP contribution in [-0.4, -0.2) is 23.3 Å². The van der Waals surface area contributed by atoms with E-state index >= 15 is 0 Å². The number of furan rings is 1. The van der Waals surface area contributed by atoms with Crippen LogP contribution in [0.2, 0.25) is 0 Å². The molecule has 5 rings (SSSR count). The minimum Gasteiger partial charge on any atom is -0.454 e. The highest BCUT2D eigenvalue weighted by atomic mass is 16.7. The molecule has 0 amide bonds. The third-order valence-corrected chi connectivity index (χ3v) is 5.97. The first-order valence-corrected chi connectivity index (χ1v) is 9.57. The van der Waals surface area contributed by atoms with Crippen LogP contribution in [-0.2, 0) is 9.31 Å². The third-order valence-electron chi connectivity index (χ3n) is 5.97. The molecule has 0 N–H and O–H groups in total. The van der Waals surface area contributed by atoms with Gasteiger partial charge in [-0.15, -0.1) is 0 Å². The molecular formula is C23H22BNO3. The van der Waals surface area contributed by atoms with Crippen LogP contribution in [0.5, 0.6) is 0 Å². The molecule has 28 heavy (non-hydrogen) atoms. The van der Waals surface area contributed by atoms with Crippen molar-refractivity contribution in [3.8, 4) is 11.1 Å². The summed E-state index contributed by atoms with van der Waals surface area (Å²) in [4.78, 5) is 4.48. The average molecular weight is 371 g/mol. The fourth-order valence-electron chi connectivity index (χ4n) is 3.62. The van der Waals surface area contributed by atoms with Gasteiger partial charge in [0.15, 0.2) is 5.58 Å². The van der Waals surface area contributed by atoms with Crippen molar-refractivity contribution >= 4 is 34.7 Å². The standard InChI is InChI=1S/C23H22BNO3/c1-22(2)23(3,4)28-24(27-22)17-8-5-7-15(13-17)16-10-11-19-18(14-16)21-20(26-19)9-6-12-25-21/h5-14H,1-4H3. The second-order valence-corrected chi connectivity index (χ2v) is 8.38. The molecular weight excluding hydrogens is 349 g/mol. The zero-order valence-electron chi connectivity index (χ0n) is 16.5. The molecule has 4 nitrogen and oxygen atoms in total. The minimum atomic E-state index is -0.370. The molecule has 0 aliphatic carbocycles. The van der Waals surface area contributed by atoms with Crippen LogP contribution < -0.4 is 5.46 Å². The van der Waals surface area contributed by atoms with Gasteiger partial charge in [-0.25, -0.2) is 0 Å². The Morgan fingerprint density at radius 1 is 0.786 bits per heavy atom. The molecule has 2 aromatic heterocycles. The van der Waals surface area contributed by atoms with E-state index in [0.29, 0.717) is 0 Å². The Kier molecular flexibility index (Phi) is 3.70. The minimum absolute atomic E-state index is 0.353. The van der Waals surface area contributed by atoms with E-state index in [-0.39, 0.29) is 18.3 Å². The Morgan fingerprint density at radius 2 is 1.54 bits per heavy atom. The van der Waals surface area contributed by atoms with E-state index in [1.54, 1.807) is 6.20 Å². The highest BCUT2D eigenvalue weighted by Crippen LogP contribution is 2.37. The van der Waals surface area contributed by atoms with Crippen molar-refractivity contribution in [2.24, 2.45) is 0 Å². The Labute approximate surface area is 164 Å². The number of hydrogen-bond donors (Lipinski definition) is 0.